The van der Waals surface area contributed by atoms with Crippen molar-refractivity contribution in [2.75, 3.05) is 26.2 Å². The van der Waals surface area contributed by atoms with E-state index in [1.165, 1.54) is 6.07 Å². The molecule has 1 saturated heterocycles. The Balaban J connectivity index is 1.46. The zero-order chi connectivity index (χ0) is 23.2. The van der Waals surface area contributed by atoms with E-state index in [9.17, 15) is 14.0 Å². The van der Waals surface area contributed by atoms with Gasteiger partial charge in [0.2, 0.25) is 0 Å². The fourth-order valence-electron chi connectivity index (χ4n) is 5.08. The van der Waals surface area contributed by atoms with Gasteiger partial charge in [-0.3, -0.25) is 24.4 Å². The van der Waals surface area contributed by atoms with E-state index in [1.807, 2.05) is 30.9 Å². The lowest BCUT2D eigenvalue weighted by atomic mass is 9.83. The van der Waals surface area contributed by atoms with Crippen LogP contribution in [-0.4, -0.2) is 52.5 Å². The lowest BCUT2D eigenvalue weighted by Gasteiger charge is -2.44. The highest BCUT2D eigenvalue weighted by atomic mass is 19.1. The van der Waals surface area contributed by atoms with E-state index < -0.39 is 5.54 Å². The minimum absolute atomic E-state index is 0.178. The van der Waals surface area contributed by atoms with Crippen LogP contribution < -0.4 is 0 Å². The number of halogens is 1. The first-order chi connectivity index (χ1) is 15.9. The summed E-state index contributed by atoms with van der Waals surface area (Å²) in [4.78, 5) is 36.3. The van der Waals surface area contributed by atoms with Crippen molar-refractivity contribution in [2.45, 2.75) is 25.9 Å². The van der Waals surface area contributed by atoms with Crippen molar-refractivity contribution in [1.29, 1.82) is 0 Å². The molecule has 6 heteroatoms. The molecule has 2 aromatic carbocycles. The second-order valence-corrected chi connectivity index (χ2v) is 8.94. The maximum atomic E-state index is 13.8. The van der Waals surface area contributed by atoms with Gasteiger partial charge in [-0.25, -0.2) is 4.39 Å². The van der Waals surface area contributed by atoms with Gasteiger partial charge in [-0.2, -0.15) is 0 Å². The summed E-state index contributed by atoms with van der Waals surface area (Å²) in [5, 5.41) is 0. The van der Waals surface area contributed by atoms with Crippen molar-refractivity contribution in [3.8, 4) is 0 Å². The number of fused-ring (bicyclic) bond motifs is 1. The van der Waals surface area contributed by atoms with E-state index in [4.69, 9.17) is 0 Å². The summed E-state index contributed by atoms with van der Waals surface area (Å²) in [6, 6.07) is 15.6. The third-order valence-electron chi connectivity index (χ3n) is 6.95. The number of ketones is 2. The van der Waals surface area contributed by atoms with E-state index in [1.54, 1.807) is 42.6 Å². The minimum atomic E-state index is -1.38. The van der Waals surface area contributed by atoms with E-state index in [0.717, 1.165) is 16.8 Å². The van der Waals surface area contributed by atoms with Crippen LogP contribution in [0, 0.1) is 19.7 Å². The number of nitrogens with zero attached hydrogens (tertiary/aromatic N) is 3. The highest BCUT2D eigenvalue weighted by Gasteiger charge is 2.58. The number of Topliss-reactive ketones (excluding diaryl/α,β-unsaturated/α-hetero) is 2. The first-order valence-corrected chi connectivity index (χ1v) is 11.3. The van der Waals surface area contributed by atoms with Crippen molar-refractivity contribution in [3.05, 3.63) is 100 Å². The van der Waals surface area contributed by atoms with Crippen LogP contribution in [0.2, 0.25) is 0 Å². The lowest BCUT2D eigenvalue weighted by molar-refractivity contribution is 0.0277. The standard InChI is InChI=1S/C27H26FN3O2/c1-18-7-10-22(28)15-20(18)17-30-11-13-31(14-12-30)27(21-9-8-19(2)29-16-21)25(32)23-5-3-4-6-24(23)26(27)33/h3-10,15-16H,11-14,17H2,1-2H3. The third-order valence-corrected chi connectivity index (χ3v) is 6.95. The first kappa shape index (κ1) is 21.6. The fraction of sp³-hybridized carbons (Fsp3) is 0.296. The number of benzene rings is 2. The SMILES string of the molecule is Cc1ccc(C2(N3CCN(Cc4cc(F)ccc4C)CC3)C(=O)c3ccccc3C2=O)cn1. The Hall–Kier alpha value is -3.22. The smallest absolute Gasteiger partial charge is 0.196 e. The van der Waals surface area contributed by atoms with E-state index >= 15 is 0 Å². The van der Waals surface area contributed by atoms with Crippen LogP contribution in [0.5, 0.6) is 0 Å². The Morgan fingerprint density at radius 3 is 2.18 bits per heavy atom. The van der Waals surface area contributed by atoms with Crippen LogP contribution in [0.3, 0.4) is 0 Å². The highest BCUT2D eigenvalue weighted by Crippen LogP contribution is 2.42. The largest absolute Gasteiger partial charge is 0.297 e. The van der Waals surface area contributed by atoms with Gasteiger partial charge in [0.05, 0.1) is 0 Å². The quantitative estimate of drug-likeness (QED) is 0.572. The molecule has 5 nitrogen and oxygen atoms in total. The molecule has 0 bridgehead atoms. The van der Waals surface area contributed by atoms with Gasteiger partial charge in [0.25, 0.3) is 0 Å². The summed E-state index contributed by atoms with van der Waals surface area (Å²) < 4.78 is 13.7. The summed E-state index contributed by atoms with van der Waals surface area (Å²) in [6.07, 6.45) is 1.67. The fourth-order valence-corrected chi connectivity index (χ4v) is 5.08. The first-order valence-electron chi connectivity index (χ1n) is 11.3. The van der Waals surface area contributed by atoms with Crippen molar-refractivity contribution in [3.63, 3.8) is 0 Å². The third kappa shape index (κ3) is 3.50. The molecule has 0 unspecified atom stereocenters. The Morgan fingerprint density at radius 2 is 1.58 bits per heavy atom. The monoisotopic (exact) mass is 443 g/mol. The average Bonchev–Trinajstić information content (AvgIpc) is 3.05. The Morgan fingerprint density at radius 1 is 0.909 bits per heavy atom. The molecule has 0 radical (unpaired) electrons. The minimum Gasteiger partial charge on any atom is -0.297 e. The van der Waals surface area contributed by atoms with Crippen molar-refractivity contribution in [1.82, 2.24) is 14.8 Å². The number of aromatic nitrogens is 1. The van der Waals surface area contributed by atoms with Crippen LogP contribution in [0.4, 0.5) is 4.39 Å². The second-order valence-electron chi connectivity index (χ2n) is 8.94. The second kappa shape index (κ2) is 8.28. The summed E-state index contributed by atoms with van der Waals surface area (Å²) in [5.41, 5.74) is 3.03. The molecule has 168 valence electrons. The molecule has 0 saturated carbocycles. The number of piperazine rings is 1. The molecule has 1 aliphatic heterocycles. The average molecular weight is 444 g/mol. The Labute approximate surface area is 192 Å². The predicted octanol–water partition coefficient (Wildman–Crippen LogP) is 3.93. The van der Waals surface area contributed by atoms with Crippen LogP contribution in [0.25, 0.3) is 0 Å². The van der Waals surface area contributed by atoms with Gasteiger partial charge in [-0.15, -0.1) is 0 Å². The number of hydrogen-bond donors (Lipinski definition) is 0. The topological polar surface area (TPSA) is 53.5 Å². The zero-order valence-electron chi connectivity index (χ0n) is 18.8. The van der Waals surface area contributed by atoms with Gasteiger partial charge in [0, 0.05) is 61.3 Å². The number of pyridine rings is 1. The van der Waals surface area contributed by atoms with Crippen LogP contribution >= 0.6 is 0 Å². The number of carbonyl (C=O) groups excluding carboxylic acids is 2. The van der Waals surface area contributed by atoms with Crippen molar-refractivity contribution in [2.24, 2.45) is 0 Å². The van der Waals surface area contributed by atoms with Gasteiger partial charge in [0.15, 0.2) is 17.1 Å². The molecule has 2 aliphatic rings. The maximum Gasteiger partial charge on any atom is 0.196 e. The molecule has 2 heterocycles. The summed E-state index contributed by atoms with van der Waals surface area (Å²) in [7, 11) is 0. The number of rotatable bonds is 4. The molecule has 0 atom stereocenters. The lowest BCUT2D eigenvalue weighted by Crippen LogP contribution is -2.60. The Bertz CT molecular complexity index is 1200. The molecular weight excluding hydrogens is 417 g/mol. The maximum absolute atomic E-state index is 13.8. The summed E-state index contributed by atoms with van der Waals surface area (Å²) in [6.45, 7) is 6.95. The van der Waals surface area contributed by atoms with Crippen LogP contribution in [-0.2, 0) is 12.1 Å². The van der Waals surface area contributed by atoms with Crippen molar-refractivity contribution < 1.29 is 14.0 Å². The molecule has 1 aliphatic carbocycles. The van der Waals surface area contributed by atoms with Gasteiger partial charge < -0.3 is 0 Å². The van der Waals surface area contributed by atoms with Gasteiger partial charge in [-0.1, -0.05) is 36.4 Å². The van der Waals surface area contributed by atoms with E-state index in [0.29, 0.717) is 49.4 Å². The molecular formula is C27H26FN3O2. The van der Waals surface area contributed by atoms with Gasteiger partial charge >= 0.3 is 0 Å². The normalized spacial score (nSPS) is 18.5. The molecule has 0 N–H and O–H groups in total. The molecule has 1 aromatic heterocycles. The van der Waals surface area contributed by atoms with Crippen molar-refractivity contribution >= 4 is 11.6 Å². The Kier molecular flexibility index (Phi) is 5.43. The molecule has 3 aromatic rings. The van der Waals surface area contributed by atoms with E-state index in [-0.39, 0.29) is 17.4 Å². The summed E-state index contributed by atoms with van der Waals surface area (Å²) >= 11 is 0. The molecule has 33 heavy (non-hydrogen) atoms. The zero-order valence-corrected chi connectivity index (χ0v) is 18.8. The number of aryl methyl sites for hydroxylation is 2. The van der Waals surface area contributed by atoms with Gasteiger partial charge in [0.1, 0.15) is 5.82 Å². The summed E-state index contributed by atoms with van der Waals surface area (Å²) in [5.74, 6) is -0.591. The molecule has 0 spiro atoms. The predicted molar refractivity (Wildman–Crippen MR) is 124 cm³/mol. The molecule has 0 amide bonds. The number of hydrogen-bond acceptors (Lipinski definition) is 5. The number of carbonyl (C=O) groups is 2. The van der Waals surface area contributed by atoms with E-state index in [2.05, 4.69) is 9.88 Å². The highest BCUT2D eigenvalue weighted by molar-refractivity contribution is 6.32. The van der Waals surface area contributed by atoms with Crippen LogP contribution in [0.15, 0.2) is 60.8 Å². The molecule has 1 fully saturated rings. The molecule has 5 rings (SSSR count). The van der Waals surface area contributed by atoms with Gasteiger partial charge in [-0.05, 0) is 43.2 Å². The van der Waals surface area contributed by atoms with Crippen LogP contribution in [0.1, 0.15) is 43.1 Å².